The predicted octanol–water partition coefficient (Wildman–Crippen LogP) is 2.22. The molecule has 0 radical (unpaired) electrons. The van der Waals surface area contributed by atoms with Crippen LogP contribution < -0.4 is 4.74 Å². The molecule has 1 saturated heterocycles. The summed E-state index contributed by atoms with van der Waals surface area (Å²) in [5, 5.41) is 16.2. The lowest BCUT2D eigenvalue weighted by molar-refractivity contribution is 0.0687. The number of carboxylic acid groups (broad SMARTS) is 1. The van der Waals surface area contributed by atoms with Crippen molar-refractivity contribution in [2.24, 2.45) is 0 Å². The van der Waals surface area contributed by atoms with E-state index in [2.05, 4.69) is 39.4 Å². The number of likely N-dealkylation sites (tertiary alicyclic amines) is 1. The fraction of sp³-hybridized carbons (Fsp3) is 0.353. The topological polar surface area (TPSA) is 75.6 Å². The highest BCUT2D eigenvalue weighted by molar-refractivity contribution is 5.84. The SMILES string of the molecule is O=C(O)c1ccc(OC2CCN(Cc3ccccc3)CC2)nn1. The van der Waals surface area contributed by atoms with Crippen LogP contribution in [0.4, 0.5) is 0 Å². The van der Waals surface area contributed by atoms with Crippen LogP contribution in [0.1, 0.15) is 28.9 Å². The molecule has 1 fully saturated rings. The van der Waals surface area contributed by atoms with Crippen molar-refractivity contribution in [1.29, 1.82) is 0 Å². The molecule has 2 aromatic rings. The summed E-state index contributed by atoms with van der Waals surface area (Å²) in [6, 6.07) is 13.4. The molecule has 1 aromatic carbocycles. The molecule has 2 heterocycles. The first kappa shape index (κ1) is 15.4. The fourth-order valence-electron chi connectivity index (χ4n) is 2.69. The van der Waals surface area contributed by atoms with Gasteiger partial charge in [-0.3, -0.25) is 4.90 Å². The third kappa shape index (κ3) is 4.26. The Hall–Kier alpha value is -2.47. The summed E-state index contributed by atoms with van der Waals surface area (Å²) < 4.78 is 5.80. The number of carboxylic acids is 1. The molecule has 1 aliphatic rings. The monoisotopic (exact) mass is 313 g/mol. The third-order valence-corrected chi connectivity index (χ3v) is 3.93. The summed E-state index contributed by atoms with van der Waals surface area (Å²) in [4.78, 5) is 13.2. The molecule has 0 saturated carbocycles. The molecule has 1 aliphatic heterocycles. The summed E-state index contributed by atoms with van der Waals surface area (Å²) in [7, 11) is 0. The van der Waals surface area contributed by atoms with Gasteiger partial charge in [-0.25, -0.2) is 4.79 Å². The molecular weight excluding hydrogens is 294 g/mol. The molecule has 0 amide bonds. The number of carbonyl (C=O) groups is 1. The number of hydrogen-bond acceptors (Lipinski definition) is 5. The number of aromatic carboxylic acids is 1. The average Bonchev–Trinajstić information content (AvgIpc) is 2.58. The van der Waals surface area contributed by atoms with E-state index in [1.54, 1.807) is 6.07 Å². The zero-order valence-corrected chi connectivity index (χ0v) is 12.8. The van der Waals surface area contributed by atoms with Gasteiger partial charge in [-0.2, -0.15) is 0 Å². The second-order valence-electron chi connectivity index (χ2n) is 5.64. The largest absolute Gasteiger partial charge is 0.476 e. The molecule has 6 heteroatoms. The minimum Gasteiger partial charge on any atom is -0.476 e. The summed E-state index contributed by atoms with van der Waals surface area (Å²) in [6.07, 6.45) is 1.96. The van der Waals surface area contributed by atoms with Crippen molar-refractivity contribution in [1.82, 2.24) is 15.1 Å². The van der Waals surface area contributed by atoms with Crippen molar-refractivity contribution in [2.45, 2.75) is 25.5 Å². The van der Waals surface area contributed by atoms with Gasteiger partial charge in [-0.05, 0) is 24.5 Å². The van der Waals surface area contributed by atoms with Crippen LogP contribution in [0.3, 0.4) is 0 Å². The number of benzene rings is 1. The molecule has 1 N–H and O–H groups in total. The predicted molar refractivity (Wildman–Crippen MR) is 84.4 cm³/mol. The van der Waals surface area contributed by atoms with Gasteiger partial charge in [0.05, 0.1) is 0 Å². The first-order valence-electron chi connectivity index (χ1n) is 7.70. The summed E-state index contributed by atoms with van der Waals surface area (Å²) in [5.74, 6) is -0.699. The van der Waals surface area contributed by atoms with Gasteiger partial charge >= 0.3 is 5.97 Å². The van der Waals surface area contributed by atoms with Crippen LogP contribution in [0.5, 0.6) is 5.88 Å². The number of hydrogen-bond donors (Lipinski definition) is 1. The quantitative estimate of drug-likeness (QED) is 0.912. The summed E-state index contributed by atoms with van der Waals surface area (Å²) >= 11 is 0. The van der Waals surface area contributed by atoms with Crippen molar-refractivity contribution in [2.75, 3.05) is 13.1 Å². The number of nitrogens with zero attached hydrogens (tertiary/aromatic N) is 3. The zero-order valence-electron chi connectivity index (χ0n) is 12.8. The Balaban J connectivity index is 1.48. The number of aromatic nitrogens is 2. The maximum Gasteiger partial charge on any atom is 0.356 e. The maximum absolute atomic E-state index is 10.7. The Bertz CT molecular complexity index is 638. The third-order valence-electron chi connectivity index (χ3n) is 3.93. The van der Waals surface area contributed by atoms with Crippen LogP contribution in [0, 0.1) is 0 Å². The van der Waals surface area contributed by atoms with E-state index in [-0.39, 0.29) is 11.8 Å². The van der Waals surface area contributed by atoms with Gasteiger partial charge in [-0.15, -0.1) is 10.2 Å². The van der Waals surface area contributed by atoms with Crippen molar-refractivity contribution in [3.63, 3.8) is 0 Å². The molecule has 120 valence electrons. The molecular formula is C17H19N3O3. The Kier molecular flexibility index (Phi) is 4.83. The lowest BCUT2D eigenvalue weighted by Gasteiger charge is -2.31. The average molecular weight is 313 g/mol. The van der Waals surface area contributed by atoms with Crippen LogP contribution in [0.15, 0.2) is 42.5 Å². The minimum atomic E-state index is -1.08. The molecule has 0 atom stereocenters. The van der Waals surface area contributed by atoms with Crippen molar-refractivity contribution in [3.8, 4) is 5.88 Å². The number of ether oxygens (including phenoxy) is 1. The van der Waals surface area contributed by atoms with E-state index in [0.717, 1.165) is 32.5 Å². The summed E-state index contributed by atoms with van der Waals surface area (Å²) in [6.45, 7) is 2.90. The van der Waals surface area contributed by atoms with Crippen LogP contribution >= 0.6 is 0 Å². The van der Waals surface area contributed by atoms with Crippen molar-refractivity contribution in [3.05, 3.63) is 53.7 Å². The number of piperidine rings is 1. The minimum absolute atomic E-state index is 0.0740. The van der Waals surface area contributed by atoms with Gasteiger partial charge in [0.15, 0.2) is 5.69 Å². The van der Waals surface area contributed by atoms with Gasteiger partial charge in [-0.1, -0.05) is 30.3 Å². The number of rotatable bonds is 5. The van der Waals surface area contributed by atoms with Crippen LogP contribution in [0.2, 0.25) is 0 Å². The molecule has 0 unspecified atom stereocenters. The van der Waals surface area contributed by atoms with Gasteiger partial charge < -0.3 is 9.84 Å². The van der Waals surface area contributed by atoms with Gasteiger partial charge in [0.2, 0.25) is 5.88 Å². The highest BCUT2D eigenvalue weighted by Crippen LogP contribution is 2.18. The van der Waals surface area contributed by atoms with E-state index >= 15 is 0 Å². The van der Waals surface area contributed by atoms with Gasteiger partial charge in [0, 0.05) is 25.7 Å². The van der Waals surface area contributed by atoms with Crippen LogP contribution in [0.25, 0.3) is 0 Å². The standard InChI is InChI=1S/C17H19N3O3/c21-17(22)15-6-7-16(19-18-15)23-14-8-10-20(11-9-14)12-13-4-2-1-3-5-13/h1-7,14H,8-12H2,(H,21,22). The molecule has 6 nitrogen and oxygen atoms in total. The second-order valence-corrected chi connectivity index (χ2v) is 5.64. The lowest BCUT2D eigenvalue weighted by Crippen LogP contribution is -2.37. The Morgan fingerprint density at radius 2 is 1.87 bits per heavy atom. The van der Waals surface area contributed by atoms with E-state index in [0.29, 0.717) is 5.88 Å². The highest BCUT2D eigenvalue weighted by atomic mass is 16.5. The molecule has 23 heavy (non-hydrogen) atoms. The summed E-state index contributed by atoms with van der Waals surface area (Å²) in [5.41, 5.74) is 1.25. The second kappa shape index (κ2) is 7.19. The van der Waals surface area contributed by atoms with E-state index < -0.39 is 5.97 Å². The Morgan fingerprint density at radius 1 is 1.13 bits per heavy atom. The van der Waals surface area contributed by atoms with E-state index in [1.165, 1.54) is 11.6 Å². The fourth-order valence-corrected chi connectivity index (χ4v) is 2.69. The van der Waals surface area contributed by atoms with Gasteiger partial charge in [0.25, 0.3) is 0 Å². The normalized spacial score (nSPS) is 16.2. The first-order chi connectivity index (χ1) is 11.2. The van der Waals surface area contributed by atoms with Crippen LogP contribution in [-0.4, -0.2) is 45.4 Å². The van der Waals surface area contributed by atoms with E-state index in [9.17, 15) is 4.79 Å². The Labute approximate surface area is 134 Å². The smallest absolute Gasteiger partial charge is 0.356 e. The molecule has 0 bridgehead atoms. The molecule has 1 aromatic heterocycles. The molecule has 0 aliphatic carbocycles. The maximum atomic E-state index is 10.7. The van der Waals surface area contributed by atoms with E-state index in [4.69, 9.17) is 9.84 Å². The molecule has 3 rings (SSSR count). The van der Waals surface area contributed by atoms with E-state index in [1.807, 2.05) is 6.07 Å². The Morgan fingerprint density at radius 3 is 2.48 bits per heavy atom. The lowest BCUT2D eigenvalue weighted by atomic mass is 10.1. The van der Waals surface area contributed by atoms with Crippen molar-refractivity contribution >= 4 is 5.97 Å². The molecule has 0 spiro atoms. The van der Waals surface area contributed by atoms with Crippen LogP contribution in [-0.2, 0) is 6.54 Å². The zero-order chi connectivity index (χ0) is 16.1. The highest BCUT2D eigenvalue weighted by Gasteiger charge is 2.21. The first-order valence-corrected chi connectivity index (χ1v) is 7.70. The van der Waals surface area contributed by atoms with Gasteiger partial charge in [0.1, 0.15) is 6.10 Å². The van der Waals surface area contributed by atoms with Crippen molar-refractivity contribution < 1.29 is 14.6 Å².